The SMILES string of the molecule is CCOC(=O)C(C)(C)SC(=O)c1ccc(CC)cc1. The summed E-state index contributed by atoms with van der Waals surface area (Å²) in [5.41, 5.74) is 1.80. The second kappa shape index (κ2) is 6.75. The zero-order valence-electron chi connectivity index (χ0n) is 11.9. The maximum Gasteiger partial charge on any atom is 0.322 e. The smallest absolute Gasteiger partial charge is 0.322 e. The first-order valence-electron chi connectivity index (χ1n) is 6.40. The minimum Gasteiger partial charge on any atom is -0.465 e. The van der Waals surface area contributed by atoms with Crippen molar-refractivity contribution >= 4 is 22.8 Å². The Bertz CT molecular complexity index is 449. The van der Waals surface area contributed by atoms with Gasteiger partial charge in [-0.1, -0.05) is 43.0 Å². The number of aryl methyl sites for hydroxylation is 1. The number of thioether (sulfide) groups is 1. The van der Waals surface area contributed by atoms with Gasteiger partial charge >= 0.3 is 5.97 Å². The lowest BCUT2D eigenvalue weighted by molar-refractivity contribution is -0.145. The summed E-state index contributed by atoms with van der Waals surface area (Å²) >= 11 is 1.00. The Labute approximate surface area is 118 Å². The monoisotopic (exact) mass is 280 g/mol. The molecule has 19 heavy (non-hydrogen) atoms. The molecular weight excluding hydrogens is 260 g/mol. The number of carbonyl (C=O) groups is 2. The van der Waals surface area contributed by atoms with E-state index in [0.717, 1.165) is 18.2 Å². The Morgan fingerprint density at radius 3 is 2.21 bits per heavy atom. The molecule has 0 amide bonds. The number of esters is 1. The van der Waals surface area contributed by atoms with Crippen LogP contribution in [-0.4, -0.2) is 22.4 Å². The number of rotatable bonds is 5. The topological polar surface area (TPSA) is 43.4 Å². The Hall–Kier alpha value is -1.29. The highest BCUT2D eigenvalue weighted by molar-refractivity contribution is 8.15. The molecule has 0 radical (unpaired) electrons. The van der Waals surface area contributed by atoms with Crippen LogP contribution in [0.3, 0.4) is 0 Å². The van der Waals surface area contributed by atoms with Crippen LogP contribution in [0.1, 0.15) is 43.6 Å². The molecule has 0 saturated carbocycles. The molecule has 0 aliphatic heterocycles. The molecule has 0 saturated heterocycles. The van der Waals surface area contributed by atoms with E-state index in [1.165, 1.54) is 5.56 Å². The molecule has 0 aromatic heterocycles. The molecule has 0 bridgehead atoms. The molecule has 0 aliphatic carbocycles. The van der Waals surface area contributed by atoms with Crippen LogP contribution in [0.25, 0.3) is 0 Å². The average molecular weight is 280 g/mol. The molecule has 0 heterocycles. The molecule has 0 aliphatic rings. The van der Waals surface area contributed by atoms with Gasteiger partial charge in [-0.05, 0) is 32.8 Å². The number of carbonyl (C=O) groups excluding carboxylic acids is 2. The Morgan fingerprint density at radius 1 is 1.16 bits per heavy atom. The van der Waals surface area contributed by atoms with E-state index in [2.05, 4.69) is 6.92 Å². The van der Waals surface area contributed by atoms with E-state index in [4.69, 9.17) is 4.74 Å². The van der Waals surface area contributed by atoms with Crippen molar-refractivity contribution in [3.63, 3.8) is 0 Å². The maximum absolute atomic E-state index is 12.1. The fourth-order valence-electron chi connectivity index (χ4n) is 1.51. The molecule has 0 fully saturated rings. The van der Waals surface area contributed by atoms with Crippen molar-refractivity contribution in [1.82, 2.24) is 0 Å². The lowest BCUT2D eigenvalue weighted by Crippen LogP contribution is -2.31. The van der Waals surface area contributed by atoms with Gasteiger partial charge in [-0.25, -0.2) is 0 Å². The fraction of sp³-hybridized carbons (Fsp3) is 0.467. The largest absolute Gasteiger partial charge is 0.465 e. The van der Waals surface area contributed by atoms with Gasteiger partial charge in [0, 0.05) is 5.56 Å². The second-order valence-corrected chi connectivity index (χ2v) is 6.27. The highest BCUT2D eigenvalue weighted by Gasteiger charge is 2.33. The van der Waals surface area contributed by atoms with Crippen molar-refractivity contribution in [2.75, 3.05) is 6.61 Å². The fourth-order valence-corrected chi connectivity index (χ4v) is 2.37. The summed E-state index contributed by atoms with van der Waals surface area (Å²) in [5, 5.41) is -0.110. The number of benzene rings is 1. The minimum atomic E-state index is -0.865. The van der Waals surface area contributed by atoms with Crippen molar-refractivity contribution in [3.05, 3.63) is 35.4 Å². The van der Waals surface area contributed by atoms with Crippen molar-refractivity contribution in [2.24, 2.45) is 0 Å². The normalized spacial score (nSPS) is 11.2. The molecule has 1 aromatic carbocycles. The van der Waals surface area contributed by atoms with Crippen LogP contribution in [-0.2, 0) is 16.0 Å². The second-order valence-electron chi connectivity index (χ2n) is 4.67. The van der Waals surface area contributed by atoms with E-state index in [9.17, 15) is 9.59 Å². The lowest BCUT2D eigenvalue weighted by atomic mass is 10.1. The van der Waals surface area contributed by atoms with Gasteiger partial charge in [-0.3, -0.25) is 9.59 Å². The van der Waals surface area contributed by atoms with Gasteiger partial charge in [0.25, 0.3) is 0 Å². The molecule has 1 aromatic rings. The van der Waals surface area contributed by atoms with E-state index >= 15 is 0 Å². The van der Waals surface area contributed by atoms with E-state index in [1.54, 1.807) is 32.9 Å². The summed E-state index contributed by atoms with van der Waals surface area (Å²) in [6, 6.07) is 7.47. The molecule has 0 atom stereocenters. The highest BCUT2D eigenvalue weighted by atomic mass is 32.2. The molecule has 1 rings (SSSR count). The zero-order valence-corrected chi connectivity index (χ0v) is 12.7. The standard InChI is InChI=1S/C15H20O3S/c1-5-11-7-9-12(10-8-11)13(16)19-15(3,4)14(17)18-6-2/h7-10H,5-6H2,1-4H3. The van der Waals surface area contributed by atoms with Crippen LogP contribution in [0.2, 0.25) is 0 Å². The summed E-state index contributed by atoms with van der Waals surface area (Å²) in [6.07, 6.45) is 0.940. The molecule has 4 heteroatoms. The zero-order chi connectivity index (χ0) is 14.5. The van der Waals surface area contributed by atoms with E-state index in [1.807, 2.05) is 12.1 Å². The minimum absolute atomic E-state index is 0.110. The molecule has 3 nitrogen and oxygen atoms in total. The molecule has 104 valence electrons. The van der Waals surface area contributed by atoms with E-state index in [0.29, 0.717) is 12.2 Å². The number of ether oxygens (including phenoxy) is 1. The maximum atomic E-state index is 12.1. The summed E-state index contributed by atoms with van der Waals surface area (Å²) in [6.45, 7) is 7.55. The number of hydrogen-bond acceptors (Lipinski definition) is 4. The van der Waals surface area contributed by atoms with Gasteiger partial charge in [0.2, 0.25) is 5.12 Å². The van der Waals surface area contributed by atoms with Gasteiger partial charge in [0.15, 0.2) is 0 Å². The summed E-state index contributed by atoms with van der Waals surface area (Å²) in [7, 11) is 0. The van der Waals surface area contributed by atoms with Gasteiger partial charge < -0.3 is 4.74 Å². The highest BCUT2D eigenvalue weighted by Crippen LogP contribution is 2.29. The van der Waals surface area contributed by atoms with Gasteiger partial charge in [0.05, 0.1) is 6.61 Å². The van der Waals surface area contributed by atoms with Crippen molar-refractivity contribution in [2.45, 2.75) is 38.9 Å². The predicted molar refractivity (Wildman–Crippen MR) is 78.5 cm³/mol. The third-order valence-electron chi connectivity index (χ3n) is 2.71. The number of hydrogen-bond donors (Lipinski definition) is 0. The lowest BCUT2D eigenvalue weighted by Gasteiger charge is -2.20. The predicted octanol–water partition coefficient (Wildman–Crippen LogP) is 3.46. The average Bonchev–Trinajstić information content (AvgIpc) is 2.38. The molecular formula is C15H20O3S. The Balaban J connectivity index is 2.75. The van der Waals surface area contributed by atoms with Crippen LogP contribution in [0, 0.1) is 0 Å². The van der Waals surface area contributed by atoms with Crippen LogP contribution in [0.4, 0.5) is 0 Å². The first-order valence-corrected chi connectivity index (χ1v) is 7.21. The third kappa shape index (κ3) is 4.39. The van der Waals surface area contributed by atoms with Crippen LogP contribution in [0.15, 0.2) is 24.3 Å². The quantitative estimate of drug-likeness (QED) is 0.775. The third-order valence-corrected chi connectivity index (χ3v) is 3.81. The molecule has 0 spiro atoms. The van der Waals surface area contributed by atoms with Gasteiger partial charge in [-0.2, -0.15) is 0 Å². The molecule has 0 unspecified atom stereocenters. The van der Waals surface area contributed by atoms with Gasteiger partial charge in [0.1, 0.15) is 4.75 Å². The van der Waals surface area contributed by atoms with E-state index in [-0.39, 0.29) is 11.1 Å². The first kappa shape index (κ1) is 15.8. The van der Waals surface area contributed by atoms with Crippen molar-refractivity contribution < 1.29 is 14.3 Å². The van der Waals surface area contributed by atoms with Crippen LogP contribution in [0.5, 0.6) is 0 Å². The van der Waals surface area contributed by atoms with Crippen molar-refractivity contribution in [3.8, 4) is 0 Å². The van der Waals surface area contributed by atoms with Crippen LogP contribution < -0.4 is 0 Å². The molecule has 0 N–H and O–H groups in total. The summed E-state index contributed by atoms with van der Waals surface area (Å²) < 4.78 is 4.10. The first-order chi connectivity index (χ1) is 8.90. The summed E-state index contributed by atoms with van der Waals surface area (Å²) in [4.78, 5) is 23.9. The summed E-state index contributed by atoms with van der Waals surface area (Å²) in [5.74, 6) is -0.362. The Kier molecular flexibility index (Phi) is 5.60. The van der Waals surface area contributed by atoms with Crippen molar-refractivity contribution in [1.29, 1.82) is 0 Å². The van der Waals surface area contributed by atoms with E-state index < -0.39 is 4.75 Å². The van der Waals surface area contributed by atoms with Gasteiger partial charge in [-0.15, -0.1) is 0 Å². The van der Waals surface area contributed by atoms with Crippen LogP contribution >= 0.6 is 11.8 Å². The Morgan fingerprint density at radius 2 is 1.74 bits per heavy atom.